The van der Waals surface area contributed by atoms with Gasteiger partial charge in [-0.15, -0.1) is 5.10 Å². The van der Waals surface area contributed by atoms with E-state index in [-0.39, 0.29) is 11.9 Å². The summed E-state index contributed by atoms with van der Waals surface area (Å²) in [6.07, 6.45) is 7.28. The van der Waals surface area contributed by atoms with Crippen LogP contribution in [0.25, 0.3) is 5.69 Å². The lowest BCUT2D eigenvalue weighted by atomic mass is 10.1. The highest BCUT2D eigenvalue weighted by atomic mass is 16.2. The molecule has 4 rings (SSSR count). The van der Waals surface area contributed by atoms with E-state index in [1.165, 1.54) is 4.80 Å². The van der Waals surface area contributed by atoms with Gasteiger partial charge in [0.15, 0.2) is 5.69 Å². The van der Waals surface area contributed by atoms with Crippen LogP contribution in [0.4, 0.5) is 0 Å². The molecule has 0 N–H and O–H groups in total. The third kappa shape index (κ3) is 2.93. The van der Waals surface area contributed by atoms with Gasteiger partial charge in [-0.1, -0.05) is 12.1 Å². The van der Waals surface area contributed by atoms with E-state index in [4.69, 9.17) is 0 Å². The van der Waals surface area contributed by atoms with Gasteiger partial charge in [0.05, 0.1) is 24.1 Å². The van der Waals surface area contributed by atoms with E-state index in [0.717, 1.165) is 36.2 Å². The summed E-state index contributed by atoms with van der Waals surface area (Å²) >= 11 is 0. The Bertz CT molecular complexity index is 912. The fourth-order valence-electron chi connectivity index (χ4n) is 3.35. The predicted octanol–water partition coefficient (Wildman–Crippen LogP) is 2.29. The number of hydrogen-bond acceptors (Lipinski definition) is 4. The Morgan fingerprint density at radius 1 is 1.24 bits per heavy atom. The molecule has 0 radical (unpaired) electrons. The first-order chi connectivity index (χ1) is 12.1. The molecule has 7 heteroatoms. The standard InChI is InChI=1S/C18H20N6O/c1-13-5-3-6-15(9-13)24-20-11-16(21-24)18(25)23-8-4-7-17(23)14-10-19-22(2)12-14/h3,5-6,9-12,17H,4,7-8H2,1-2H3. The zero-order valence-electron chi connectivity index (χ0n) is 14.3. The number of aromatic nitrogens is 5. The molecule has 1 aliphatic heterocycles. The maximum absolute atomic E-state index is 12.9. The van der Waals surface area contributed by atoms with E-state index in [0.29, 0.717) is 5.69 Å². The van der Waals surface area contributed by atoms with Crippen LogP contribution in [0.5, 0.6) is 0 Å². The average molecular weight is 336 g/mol. The SMILES string of the molecule is Cc1cccc(-n2ncc(C(=O)N3CCCC3c3cnn(C)c3)n2)c1. The highest BCUT2D eigenvalue weighted by Crippen LogP contribution is 2.32. The van der Waals surface area contributed by atoms with Crippen LogP contribution >= 0.6 is 0 Å². The molecule has 0 saturated carbocycles. The molecule has 0 spiro atoms. The number of carbonyl (C=O) groups excluding carboxylic acids is 1. The van der Waals surface area contributed by atoms with Crippen molar-refractivity contribution in [3.8, 4) is 5.69 Å². The highest BCUT2D eigenvalue weighted by Gasteiger charge is 2.32. The normalized spacial score (nSPS) is 17.2. The van der Waals surface area contributed by atoms with E-state index < -0.39 is 0 Å². The van der Waals surface area contributed by atoms with Gasteiger partial charge >= 0.3 is 0 Å². The van der Waals surface area contributed by atoms with Crippen molar-refractivity contribution in [3.05, 3.63) is 59.7 Å². The Morgan fingerprint density at radius 2 is 2.12 bits per heavy atom. The molecule has 3 aromatic rings. The topological polar surface area (TPSA) is 68.8 Å². The molecule has 0 aliphatic carbocycles. The second-order valence-electron chi connectivity index (χ2n) is 6.46. The van der Waals surface area contributed by atoms with Crippen LogP contribution < -0.4 is 0 Å². The number of benzene rings is 1. The largest absolute Gasteiger partial charge is 0.330 e. The molecule has 1 unspecified atom stereocenters. The molecule has 1 saturated heterocycles. The Morgan fingerprint density at radius 3 is 2.88 bits per heavy atom. The van der Waals surface area contributed by atoms with Crippen molar-refractivity contribution < 1.29 is 4.79 Å². The zero-order valence-corrected chi connectivity index (χ0v) is 14.3. The van der Waals surface area contributed by atoms with Crippen molar-refractivity contribution in [2.75, 3.05) is 6.54 Å². The summed E-state index contributed by atoms with van der Waals surface area (Å²) in [6.45, 7) is 2.75. The third-order valence-corrected chi connectivity index (χ3v) is 4.57. The lowest BCUT2D eigenvalue weighted by molar-refractivity contribution is 0.0729. The number of carbonyl (C=O) groups is 1. The van der Waals surface area contributed by atoms with Gasteiger partial charge in [-0.05, 0) is 37.5 Å². The third-order valence-electron chi connectivity index (χ3n) is 4.57. The quantitative estimate of drug-likeness (QED) is 0.736. The summed E-state index contributed by atoms with van der Waals surface area (Å²) in [5, 5.41) is 12.9. The van der Waals surface area contributed by atoms with Gasteiger partial charge in [-0.3, -0.25) is 9.48 Å². The smallest absolute Gasteiger partial charge is 0.276 e. The van der Waals surface area contributed by atoms with E-state index in [1.807, 2.05) is 55.5 Å². The summed E-state index contributed by atoms with van der Waals surface area (Å²) in [5.41, 5.74) is 3.42. The number of aryl methyl sites for hydroxylation is 2. The summed E-state index contributed by atoms with van der Waals surface area (Å²) in [7, 11) is 1.89. The predicted molar refractivity (Wildman–Crippen MR) is 92.3 cm³/mol. The molecule has 1 amide bonds. The van der Waals surface area contributed by atoms with E-state index >= 15 is 0 Å². The van der Waals surface area contributed by atoms with Gasteiger partial charge in [0.1, 0.15) is 0 Å². The average Bonchev–Trinajstić information content (AvgIpc) is 3.34. The Hall–Kier alpha value is -2.96. The second kappa shape index (κ2) is 6.16. The molecule has 2 aromatic heterocycles. The molecule has 1 aliphatic rings. The maximum atomic E-state index is 12.9. The van der Waals surface area contributed by atoms with Gasteiger partial charge in [-0.2, -0.15) is 15.0 Å². The summed E-state index contributed by atoms with van der Waals surface area (Å²) in [5.74, 6) is -0.0785. The maximum Gasteiger partial charge on any atom is 0.276 e. The number of amides is 1. The van der Waals surface area contributed by atoms with E-state index in [9.17, 15) is 4.79 Å². The van der Waals surface area contributed by atoms with E-state index in [1.54, 1.807) is 10.9 Å². The molecule has 1 atom stereocenters. The molecule has 7 nitrogen and oxygen atoms in total. The lowest BCUT2D eigenvalue weighted by Gasteiger charge is -2.22. The highest BCUT2D eigenvalue weighted by molar-refractivity contribution is 5.92. The van der Waals surface area contributed by atoms with Crippen LogP contribution in [0.15, 0.2) is 42.9 Å². The van der Waals surface area contributed by atoms with Crippen molar-refractivity contribution in [1.82, 2.24) is 29.7 Å². The minimum atomic E-state index is -0.0785. The van der Waals surface area contributed by atoms with Crippen LogP contribution in [0.3, 0.4) is 0 Å². The van der Waals surface area contributed by atoms with Gasteiger partial charge in [0.25, 0.3) is 5.91 Å². The molecular weight excluding hydrogens is 316 g/mol. The van der Waals surface area contributed by atoms with Gasteiger partial charge in [-0.25, -0.2) is 0 Å². The Kier molecular flexibility index (Phi) is 3.83. The van der Waals surface area contributed by atoms with Crippen molar-refractivity contribution in [1.29, 1.82) is 0 Å². The van der Waals surface area contributed by atoms with Crippen molar-refractivity contribution >= 4 is 5.91 Å². The molecule has 3 heterocycles. The minimum absolute atomic E-state index is 0.0605. The van der Waals surface area contributed by atoms with E-state index in [2.05, 4.69) is 15.3 Å². The Balaban J connectivity index is 1.58. The first kappa shape index (κ1) is 15.6. The molecule has 25 heavy (non-hydrogen) atoms. The number of nitrogens with zero attached hydrogens (tertiary/aromatic N) is 6. The van der Waals surface area contributed by atoms with Crippen LogP contribution in [0.2, 0.25) is 0 Å². The minimum Gasteiger partial charge on any atom is -0.330 e. The summed E-state index contributed by atoms with van der Waals surface area (Å²) in [4.78, 5) is 16.3. The Labute approximate surface area is 145 Å². The van der Waals surface area contributed by atoms with Crippen molar-refractivity contribution in [2.45, 2.75) is 25.8 Å². The molecule has 1 fully saturated rings. The molecule has 1 aromatic carbocycles. The first-order valence-electron chi connectivity index (χ1n) is 8.41. The van der Waals surface area contributed by atoms with Gasteiger partial charge in [0, 0.05) is 25.4 Å². The lowest BCUT2D eigenvalue weighted by Crippen LogP contribution is -2.30. The van der Waals surface area contributed by atoms with Gasteiger partial charge in [0.2, 0.25) is 0 Å². The number of hydrogen-bond donors (Lipinski definition) is 0. The second-order valence-corrected chi connectivity index (χ2v) is 6.46. The monoisotopic (exact) mass is 336 g/mol. The molecule has 0 bridgehead atoms. The fourth-order valence-corrected chi connectivity index (χ4v) is 3.35. The fraction of sp³-hybridized carbons (Fsp3) is 0.333. The van der Waals surface area contributed by atoms with Crippen molar-refractivity contribution in [3.63, 3.8) is 0 Å². The number of likely N-dealkylation sites (tertiary alicyclic amines) is 1. The first-order valence-corrected chi connectivity index (χ1v) is 8.41. The van der Waals surface area contributed by atoms with Crippen LogP contribution in [-0.4, -0.2) is 42.1 Å². The molecule has 128 valence electrons. The van der Waals surface area contributed by atoms with Crippen LogP contribution in [-0.2, 0) is 7.05 Å². The molecular formula is C18H20N6O. The zero-order chi connectivity index (χ0) is 17.4. The van der Waals surface area contributed by atoms with Crippen LogP contribution in [0, 0.1) is 6.92 Å². The summed E-state index contributed by atoms with van der Waals surface area (Å²) < 4.78 is 1.77. The van der Waals surface area contributed by atoms with Crippen LogP contribution in [0.1, 0.15) is 40.5 Å². The number of rotatable bonds is 3. The summed E-state index contributed by atoms with van der Waals surface area (Å²) in [6, 6.07) is 7.94. The van der Waals surface area contributed by atoms with Gasteiger partial charge < -0.3 is 4.90 Å². The van der Waals surface area contributed by atoms with Crippen molar-refractivity contribution in [2.24, 2.45) is 7.05 Å².